The summed E-state index contributed by atoms with van der Waals surface area (Å²) in [6, 6.07) is 21.6. The van der Waals surface area contributed by atoms with Gasteiger partial charge in [-0.2, -0.15) is 0 Å². The van der Waals surface area contributed by atoms with Gasteiger partial charge in [-0.3, -0.25) is 4.79 Å². The van der Waals surface area contributed by atoms with E-state index in [1.54, 1.807) is 36.3 Å². The molecule has 0 bridgehead atoms. The lowest BCUT2D eigenvalue weighted by Gasteiger charge is -2.31. The Kier molecular flexibility index (Phi) is 6.90. The van der Waals surface area contributed by atoms with Crippen LogP contribution >= 0.6 is 0 Å². The first kappa shape index (κ1) is 22.4. The van der Waals surface area contributed by atoms with Crippen molar-refractivity contribution in [2.24, 2.45) is 0 Å². The summed E-state index contributed by atoms with van der Waals surface area (Å²) in [6.07, 6.45) is 0. The molecule has 4 rings (SSSR count). The highest BCUT2D eigenvalue weighted by molar-refractivity contribution is 6.07. The summed E-state index contributed by atoms with van der Waals surface area (Å²) >= 11 is 0. The number of carboxylic acids is 1. The van der Waals surface area contributed by atoms with Crippen LogP contribution in [0.3, 0.4) is 0 Å². The number of methoxy groups -OCH3 is 1. The summed E-state index contributed by atoms with van der Waals surface area (Å²) in [4.78, 5) is 29.2. The molecule has 1 saturated heterocycles. The molecule has 3 aromatic rings. The quantitative estimate of drug-likeness (QED) is 0.589. The van der Waals surface area contributed by atoms with Gasteiger partial charge in [0.25, 0.3) is 5.91 Å². The summed E-state index contributed by atoms with van der Waals surface area (Å²) in [7, 11) is 1.60. The number of carbonyl (C=O) groups is 2. The molecule has 7 heteroatoms. The van der Waals surface area contributed by atoms with Crippen LogP contribution < -0.4 is 14.5 Å². The van der Waals surface area contributed by atoms with Gasteiger partial charge in [-0.05, 0) is 48.0 Å². The van der Waals surface area contributed by atoms with E-state index in [-0.39, 0.29) is 18.0 Å². The maximum atomic E-state index is 13.5. The molecule has 0 spiro atoms. The molecule has 0 aliphatic carbocycles. The highest BCUT2D eigenvalue weighted by Crippen LogP contribution is 2.29. The predicted molar refractivity (Wildman–Crippen MR) is 126 cm³/mol. The zero-order chi connectivity index (χ0) is 23.2. The van der Waals surface area contributed by atoms with Crippen molar-refractivity contribution in [1.29, 1.82) is 0 Å². The van der Waals surface area contributed by atoms with E-state index in [9.17, 15) is 14.7 Å². The molecule has 1 heterocycles. The Morgan fingerprint density at radius 2 is 1.70 bits per heavy atom. The van der Waals surface area contributed by atoms with Crippen LogP contribution in [0.25, 0.3) is 0 Å². The Bertz CT molecular complexity index is 1110. The normalized spacial score (nSPS) is 13.4. The number of hydrogen-bond donors (Lipinski definition) is 1. The maximum absolute atomic E-state index is 13.5. The zero-order valence-electron chi connectivity index (χ0n) is 18.4. The second kappa shape index (κ2) is 10.2. The molecule has 1 fully saturated rings. The van der Waals surface area contributed by atoms with Crippen molar-refractivity contribution in [1.82, 2.24) is 0 Å². The molecule has 3 aromatic carbocycles. The Labute approximate surface area is 192 Å². The molecule has 1 N–H and O–H groups in total. The maximum Gasteiger partial charge on any atom is 0.337 e. The number of anilines is 2. The van der Waals surface area contributed by atoms with Crippen molar-refractivity contribution in [3.05, 3.63) is 89.5 Å². The van der Waals surface area contributed by atoms with Crippen molar-refractivity contribution in [2.45, 2.75) is 6.54 Å². The fourth-order valence-electron chi connectivity index (χ4n) is 3.87. The van der Waals surface area contributed by atoms with Gasteiger partial charge in [0.15, 0.2) is 0 Å². The van der Waals surface area contributed by atoms with Gasteiger partial charge < -0.3 is 24.4 Å². The van der Waals surface area contributed by atoms with Crippen molar-refractivity contribution < 1.29 is 24.2 Å². The van der Waals surface area contributed by atoms with E-state index in [2.05, 4.69) is 0 Å². The molecule has 7 nitrogen and oxygen atoms in total. The minimum absolute atomic E-state index is 0.162. The monoisotopic (exact) mass is 446 g/mol. The standard InChI is InChI=1S/C26H26N2O5/c1-32-22-10-7-19(8-11-22)18-28(25(29)20-5-3-2-4-6-20)21-9-12-24(23(17-21)26(30)31)27-13-15-33-16-14-27/h2-12,17H,13-16,18H2,1H3,(H,30,31). The van der Waals surface area contributed by atoms with E-state index in [1.165, 1.54) is 0 Å². The summed E-state index contributed by atoms with van der Waals surface area (Å²) in [6.45, 7) is 2.64. The van der Waals surface area contributed by atoms with Crippen LogP contribution in [0.2, 0.25) is 0 Å². The number of ether oxygens (including phenoxy) is 2. The van der Waals surface area contributed by atoms with Crippen LogP contribution in [-0.4, -0.2) is 50.4 Å². The zero-order valence-corrected chi connectivity index (χ0v) is 18.4. The van der Waals surface area contributed by atoms with E-state index in [4.69, 9.17) is 9.47 Å². The lowest BCUT2D eigenvalue weighted by atomic mass is 10.1. The third-order valence-electron chi connectivity index (χ3n) is 5.64. The van der Waals surface area contributed by atoms with Gasteiger partial charge in [0.1, 0.15) is 5.75 Å². The number of benzene rings is 3. The topological polar surface area (TPSA) is 79.3 Å². The molecular weight excluding hydrogens is 420 g/mol. The van der Waals surface area contributed by atoms with Gasteiger partial charge in [-0.25, -0.2) is 4.79 Å². The largest absolute Gasteiger partial charge is 0.497 e. The molecule has 170 valence electrons. The molecule has 1 aliphatic heterocycles. The summed E-state index contributed by atoms with van der Waals surface area (Å²) in [5, 5.41) is 9.93. The van der Waals surface area contributed by atoms with Crippen LogP contribution in [0.5, 0.6) is 5.75 Å². The van der Waals surface area contributed by atoms with Gasteiger partial charge in [0.2, 0.25) is 0 Å². The number of morpholine rings is 1. The van der Waals surface area contributed by atoms with E-state index < -0.39 is 5.97 Å². The van der Waals surface area contributed by atoms with Crippen molar-refractivity contribution in [2.75, 3.05) is 43.2 Å². The molecule has 0 radical (unpaired) electrons. The van der Waals surface area contributed by atoms with Crippen LogP contribution in [0.15, 0.2) is 72.8 Å². The van der Waals surface area contributed by atoms with E-state index >= 15 is 0 Å². The summed E-state index contributed by atoms with van der Waals surface area (Å²) in [5.41, 5.74) is 2.74. The highest BCUT2D eigenvalue weighted by atomic mass is 16.5. The van der Waals surface area contributed by atoms with Crippen LogP contribution in [0.4, 0.5) is 11.4 Å². The van der Waals surface area contributed by atoms with E-state index in [0.29, 0.717) is 43.2 Å². The fraction of sp³-hybridized carbons (Fsp3) is 0.231. The Morgan fingerprint density at radius 3 is 2.33 bits per heavy atom. The second-order valence-electron chi connectivity index (χ2n) is 7.71. The third kappa shape index (κ3) is 5.15. The van der Waals surface area contributed by atoms with E-state index in [1.807, 2.05) is 53.4 Å². The molecular formula is C26H26N2O5. The number of carbonyl (C=O) groups excluding carboxylic acids is 1. The summed E-state index contributed by atoms with van der Waals surface area (Å²) < 4.78 is 10.6. The van der Waals surface area contributed by atoms with Crippen LogP contribution in [0, 0.1) is 0 Å². The SMILES string of the molecule is COc1ccc(CN(C(=O)c2ccccc2)c2ccc(N3CCOCC3)c(C(=O)O)c2)cc1. The molecule has 33 heavy (non-hydrogen) atoms. The highest BCUT2D eigenvalue weighted by Gasteiger charge is 2.23. The van der Waals surface area contributed by atoms with Crippen LogP contribution in [0.1, 0.15) is 26.3 Å². The molecule has 0 aromatic heterocycles. The second-order valence-corrected chi connectivity index (χ2v) is 7.71. The first-order valence-electron chi connectivity index (χ1n) is 10.8. The minimum Gasteiger partial charge on any atom is -0.497 e. The Morgan fingerprint density at radius 1 is 1.00 bits per heavy atom. The molecule has 0 unspecified atom stereocenters. The Hall–Kier alpha value is -3.84. The number of carboxylic acid groups (broad SMARTS) is 1. The van der Waals surface area contributed by atoms with Gasteiger partial charge in [0, 0.05) is 24.3 Å². The smallest absolute Gasteiger partial charge is 0.337 e. The predicted octanol–water partition coefficient (Wildman–Crippen LogP) is 4.08. The van der Waals surface area contributed by atoms with Gasteiger partial charge >= 0.3 is 5.97 Å². The number of nitrogens with zero attached hydrogens (tertiary/aromatic N) is 2. The van der Waals surface area contributed by atoms with Gasteiger partial charge in [-0.1, -0.05) is 30.3 Å². The van der Waals surface area contributed by atoms with Gasteiger partial charge in [0.05, 0.1) is 38.1 Å². The Balaban J connectivity index is 1.72. The third-order valence-corrected chi connectivity index (χ3v) is 5.64. The van der Waals surface area contributed by atoms with Crippen LogP contribution in [-0.2, 0) is 11.3 Å². The van der Waals surface area contributed by atoms with Crippen molar-refractivity contribution in [3.63, 3.8) is 0 Å². The number of hydrogen-bond acceptors (Lipinski definition) is 5. The lowest BCUT2D eigenvalue weighted by molar-refractivity contribution is 0.0696. The minimum atomic E-state index is -1.03. The molecule has 1 amide bonds. The first-order valence-corrected chi connectivity index (χ1v) is 10.8. The number of aromatic carboxylic acids is 1. The molecule has 1 aliphatic rings. The van der Waals surface area contributed by atoms with E-state index in [0.717, 1.165) is 11.3 Å². The average Bonchev–Trinajstić information content (AvgIpc) is 2.88. The number of amides is 1. The summed E-state index contributed by atoms with van der Waals surface area (Å²) in [5.74, 6) is -0.514. The van der Waals surface area contributed by atoms with Gasteiger partial charge in [-0.15, -0.1) is 0 Å². The molecule has 0 saturated carbocycles. The van der Waals surface area contributed by atoms with Crippen molar-refractivity contribution >= 4 is 23.3 Å². The average molecular weight is 447 g/mol. The lowest BCUT2D eigenvalue weighted by Crippen LogP contribution is -2.37. The number of rotatable bonds is 7. The van der Waals surface area contributed by atoms with Crippen molar-refractivity contribution in [3.8, 4) is 5.75 Å². The molecule has 0 atom stereocenters. The fourth-order valence-corrected chi connectivity index (χ4v) is 3.87. The first-order chi connectivity index (χ1) is 16.1.